The van der Waals surface area contributed by atoms with Crippen LogP contribution in [0.25, 0.3) is 0 Å². The Hall–Kier alpha value is -3.00. The van der Waals surface area contributed by atoms with Gasteiger partial charge in [-0.3, -0.25) is 14.4 Å². The van der Waals surface area contributed by atoms with Gasteiger partial charge in [0.05, 0.1) is 12.1 Å². The van der Waals surface area contributed by atoms with Crippen LogP contribution in [0.1, 0.15) is 35.7 Å². The molecule has 1 heterocycles. The van der Waals surface area contributed by atoms with Crippen LogP contribution in [-0.4, -0.2) is 34.1 Å². The molecule has 1 amide bonds. The van der Waals surface area contributed by atoms with Gasteiger partial charge in [0.25, 0.3) is 5.91 Å². The number of nitrogens with one attached hydrogen (secondary N) is 1. The molecule has 0 fully saturated rings. The lowest BCUT2D eigenvalue weighted by atomic mass is 9.90. The Morgan fingerprint density at radius 3 is 2.36 bits per heavy atom. The average Bonchev–Trinajstić information content (AvgIpc) is 3.07. The Balaban J connectivity index is 1.80. The molecule has 0 bridgehead atoms. The van der Waals surface area contributed by atoms with Gasteiger partial charge in [-0.1, -0.05) is 33.2 Å². The predicted octanol–water partition coefficient (Wildman–Crippen LogP) is 3.63. The molecule has 2 N–H and O–H groups in total. The molecule has 2 aromatic carbocycles. The van der Waals surface area contributed by atoms with Gasteiger partial charge in [-0.2, -0.15) is 0 Å². The minimum absolute atomic E-state index is 0.0261. The smallest absolute Gasteiger partial charge is 0.308 e. The number of halogens is 1. The number of carbonyl (C=O) groups excluding carboxylic acids is 2. The number of benzene rings is 2. The van der Waals surface area contributed by atoms with Crippen LogP contribution in [0.5, 0.6) is 0 Å². The molecule has 144 valence electrons. The van der Waals surface area contributed by atoms with E-state index in [1.54, 1.807) is 24.3 Å². The number of carboxylic acids is 1. The summed E-state index contributed by atoms with van der Waals surface area (Å²) in [5.74, 6) is -1.87. The molecule has 0 saturated carbocycles. The van der Waals surface area contributed by atoms with Crippen molar-refractivity contribution in [1.82, 2.24) is 0 Å². The molecule has 3 rings (SSSR count). The highest BCUT2D eigenvalue weighted by Crippen LogP contribution is 2.32. The summed E-state index contributed by atoms with van der Waals surface area (Å²) in [7, 11) is 0. The van der Waals surface area contributed by atoms with Crippen LogP contribution in [-0.2, 0) is 14.4 Å². The Morgan fingerprint density at radius 2 is 1.79 bits per heavy atom. The minimum Gasteiger partial charge on any atom is -0.481 e. The van der Waals surface area contributed by atoms with Crippen LogP contribution in [0.3, 0.4) is 0 Å². The van der Waals surface area contributed by atoms with Crippen molar-refractivity contribution in [2.45, 2.75) is 25.4 Å². The van der Waals surface area contributed by atoms with E-state index in [0.717, 1.165) is 10.0 Å². The maximum atomic E-state index is 12.9. The second-order valence-electron chi connectivity index (χ2n) is 6.47. The van der Waals surface area contributed by atoms with Crippen LogP contribution >= 0.6 is 15.9 Å². The number of Topliss-reactive ketones (excluding diaryl/α,β-unsaturated/α-hetero) is 1. The zero-order chi connectivity index (χ0) is 20.3. The normalized spacial score (nSPS) is 18.1. The van der Waals surface area contributed by atoms with Gasteiger partial charge in [0, 0.05) is 22.1 Å². The van der Waals surface area contributed by atoms with Crippen LogP contribution in [0.4, 0.5) is 5.69 Å². The molecule has 0 aromatic heterocycles. The Kier molecular flexibility index (Phi) is 5.60. The van der Waals surface area contributed by atoms with Crippen LogP contribution < -0.4 is 5.32 Å². The molecule has 0 spiro atoms. The van der Waals surface area contributed by atoms with Crippen molar-refractivity contribution in [2.75, 3.05) is 5.32 Å². The molecule has 2 aromatic rings. The third kappa shape index (κ3) is 4.28. The van der Waals surface area contributed by atoms with Gasteiger partial charge in [-0.05, 0) is 48.9 Å². The van der Waals surface area contributed by atoms with Crippen LogP contribution in [0.2, 0.25) is 0 Å². The van der Waals surface area contributed by atoms with Crippen molar-refractivity contribution in [1.29, 1.82) is 0 Å². The fourth-order valence-electron chi connectivity index (χ4n) is 2.85. The number of hydrogen-bond donors (Lipinski definition) is 2. The third-order valence-corrected chi connectivity index (χ3v) is 4.89. The lowest BCUT2D eigenvalue weighted by molar-refractivity contribution is -0.152. The van der Waals surface area contributed by atoms with E-state index in [1.807, 2.05) is 24.3 Å². The number of aliphatic carboxylic acids is 1. The van der Waals surface area contributed by atoms with Gasteiger partial charge in [0.1, 0.15) is 0 Å². The van der Waals surface area contributed by atoms with Gasteiger partial charge in [0.2, 0.25) is 5.60 Å². The van der Waals surface area contributed by atoms with Crippen molar-refractivity contribution in [3.63, 3.8) is 0 Å². The highest BCUT2D eigenvalue weighted by molar-refractivity contribution is 9.10. The maximum absolute atomic E-state index is 12.9. The fourth-order valence-corrected chi connectivity index (χ4v) is 3.11. The zero-order valence-corrected chi connectivity index (χ0v) is 16.5. The molecule has 28 heavy (non-hydrogen) atoms. The number of ketones is 1. The average molecular weight is 445 g/mol. The first kappa shape index (κ1) is 19.8. The standard InChI is InChI=1S/C20H17BrN2O5/c1-12(24)13-4-8-16(9-5-13)22-19(27)20(11-18(25)26)10-17(23-28-20)14-2-6-15(21)7-3-14/h2-9H,10-11H2,1H3,(H,22,27)(H,25,26)/t20-/m0/s1. The lowest BCUT2D eigenvalue weighted by Crippen LogP contribution is -2.45. The van der Waals surface area contributed by atoms with E-state index in [9.17, 15) is 19.5 Å². The number of nitrogens with zero attached hydrogens (tertiary/aromatic N) is 1. The van der Waals surface area contributed by atoms with Gasteiger partial charge in [0.15, 0.2) is 5.78 Å². The van der Waals surface area contributed by atoms with E-state index in [-0.39, 0.29) is 12.2 Å². The molecule has 0 radical (unpaired) electrons. The van der Waals surface area contributed by atoms with E-state index in [4.69, 9.17) is 4.84 Å². The summed E-state index contributed by atoms with van der Waals surface area (Å²) in [6.07, 6.45) is -0.508. The minimum atomic E-state index is -1.65. The Bertz CT molecular complexity index is 954. The quantitative estimate of drug-likeness (QED) is 0.661. The molecular weight excluding hydrogens is 428 g/mol. The molecule has 0 unspecified atom stereocenters. The first-order valence-electron chi connectivity index (χ1n) is 8.44. The predicted molar refractivity (Wildman–Crippen MR) is 106 cm³/mol. The number of carboxylic acid groups (broad SMARTS) is 1. The van der Waals surface area contributed by atoms with E-state index in [0.29, 0.717) is 17.0 Å². The molecule has 0 aliphatic carbocycles. The Labute approximate surface area is 169 Å². The number of carbonyl (C=O) groups is 3. The first-order valence-corrected chi connectivity index (χ1v) is 9.24. The summed E-state index contributed by atoms with van der Waals surface area (Å²) < 4.78 is 0.888. The van der Waals surface area contributed by atoms with Crippen molar-refractivity contribution in [3.8, 4) is 0 Å². The Morgan fingerprint density at radius 1 is 1.14 bits per heavy atom. The lowest BCUT2D eigenvalue weighted by Gasteiger charge is -2.23. The summed E-state index contributed by atoms with van der Waals surface area (Å²) in [4.78, 5) is 41.0. The van der Waals surface area contributed by atoms with Crippen molar-refractivity contribution < 1.29 is 24.3 Å². The zero-order valence-electron chi connectivity index (χ0n) is 14.9. The first-order chi connectivity index (χ1) is 13.3. The van der Waals surface area contributed by atoms with Crippen molar-refractivity contribution in [2.24, 2.45) is 5.16 Å². The highest BCUT2D eigenvalue weighted by Gasteiger charge is 2.48. The second-order valence-corrected chi connectivity index (χ2v) is 7.38. The summed E-state index contributed by atoms with van der Waals surface area (Å²) in [6.45, 7) is 1.45. The maximum Gasteiger partial charge on any atom is 0.308 e. The molecule has 1 aliphatic rings. The third-order valence-electron chi connectivity index (χ3n) is 4.36. The highest BCUT2D eigenvalue weighted by atomic mass is 79.9. The topological polar surface area (TPSA) is 105 Å². The number of anilines is 1. The van der Waals surface area contributed by atoms with E-state index in [1.165, 1.54) is 6.92 Å². The van der Waals surface area contributed by atoms with E-state index < -0.39 is 23.9 Å². The molecule has 1 aliphatic heterocycles. The number of hydrogen-bond acceptors (Lipinski definition) is 5. The van der Waals surface area contributed by atoms with Gasteiger partial charge < -0.3 is 15.3 Å². The summed E-state index contributed by atoms with van der Waals surface area (Å²) in [6, 6.07) is 13.6. The van der Waals surface area contributed by atoms with Crippen LogP contribution in [0.15, 0.2) is 58.2 Å². The van der Waals surface area contributed by atoms with Gasteiger partial charge >= 0.3 is 5.97 Å². The monoisotopic (exact) mass is 444 g/mol. The molecule has 8 heteroatoms. The van der Waals surface area contributed by atoms with Crippen molar-refractivity contribution >= 4 is 45.0 Å². The fraction of sp³-hybridized carbons (Fsp3) is 0.200. The largest absolute Gasteiger partial charge is 0.481 e. The number of rotatable bonds is 6. The molecular formula is C20H17BrN2O5. The van der Waals surface area contributed by atoms with Gasteiger partial charge in [-0.25, -0.2) is 0 Å². The van der Waals surface area contributed by atoms with Crippen LogP contribution in [0, 0.1) is 0 Å². The molecule has 0 saturated heterocycles. The summed E-state index contributed by atoms with van der Waals surface area (Å²) in [5.41, 5.74) is 0.537. The van der Waals surface area contributed by atoms with E-state index >= 15 is 0 Å². The SMILES string of the molecule is CC(=O)c1ccc(NC(=O)[C@@]2(CC(=O)O)CC(c3ccc(Br)cc3)=NO2)cc1. The summed E-state index contributed by atoms with van der Waals surface area (Å²) in [5, 5.41) is 15.9. The number of oxime groups is 1. The molecule has 1 atom stereocenters. The van der Waals surface area contributed by atoms with E-state index in [2.05, 4.69) is 26.4 Å². The summed E-state index contributed by atoms with van der Waals surface area (Å²) >= 11 is 3.35. The van der Waals surface area contributed by atoms with Crippen molar-refractivity contribution in [3.05, 3.63) is 64.1 Å². The van der Waals surface area contributed by atoms with Gasteiger partial charge in [-0.15, -0.1) is 0 Å². The second kappa shape index (κ2) is 7.93. The molecule has 7 nitrogen and oxygen atoms in total. The number of amides is 1.